The fourth-order valence-electron chi connectivity index (χ4n) is 1.21. The summed E-state index contributed by atoms with van der Waals surface area (Å²) < 4.78 is 0.780. The first-order valence-electron chi connectivity index (χ1n) is 5.28. The minimum absolute atomic E-state index is 0.286. The molecule has 96 valence electrons. The number of pyridine rings is 1. The topological polar surface area (TPSA) is 53.5 Å². The third-order valence-corrected chi connectivity index (χ3v) is 2.97. The molecule has 0 aromatic carbocycles. The number of urea groups is 1. The standard InChI is InChI=1S/C12H14BrN3O2/c1-4-9(2)15(3)12(18)16(8-17)11-6-5-10(13)7-14-11/h4-8H,1-3H3/b9-4-. The molecule has 0 spiro atoms. The lowest BCUT2D eigenvalue weighted by atomic mass is 10.4. The van der Waals surface area contributed by atoms with Crippen LogP contribution in [0.15, 0.2) is 34.6 Å². The molecule has 3 amide bonds. The van der Waals surface area contributed by atoms with Crippen LogP contribution in [0.5, 0.6) is 0 Å². The van der Waals surface area contributed by atoms with Crippen LogP contribution in [0.4, 0.5) is 10.6 Å². The highest BCUT2D eigenvalue weighted by atomic mass is 79.9. The maximum Gasteiger partial charge on any atom is 0.336 e. The van der Waals surface area contributed by atoms with E-state index in [1.807, 2.05) is 6.92 Å². The molecular formula is C12H14BrN3O2. The van der Waals surface area contributed by atoms with Gasteiger partial charge in [-0.25, -0.2) is 14.7 Å². The van der Waals surface area contributed by atoms with Crippen LogP contribution in [0.25, 0.3) is 0 Å². The summed E-state index contributed by atoms with van der Waals surface area (Å²) in [6.45, 7) is 3.61. The molecule has 1 aromatic rings. The maximum atomic E-state index is 12.1. The molecule has 0 fully saturated rings. The number of hydrogen-bond acceptors (Lipinski definition) is 3. The van der Waals surface area contributed by atoms with Crippen molar-refractivity contribution in [2.75, 3.05) is 11.9 Å². The molecule has 6 heteroatoms. The van der Waals surface area contributed by atoms with Gasteiger partial charge in [0.25, 0.3) is 0 Å². The Bertz CT molecular complexity index is 471. The lowest BCUT2D eigenvalue weighted by Gasteiger charge is -2.23. The number of anilines is 1. The van der Waals surface area contributed by atoms with Gasteiger partial charge < -0.3 is 4.90 Å². The largest absolute Gasteiger partial charge is 0.336 e. The number of carbonyl (C=O) groups excluding carboxylic acids is 2. The van der Waals surface area contributed by atoms with Gasteiger partial charge >= 0.3 is 6.03 Å². The normalized spacial score (nSPS) is 11.0. The quantitative estimate of drug-likeness (QED) is 0.807. The third-order valence-electron chi connectivity index (χ3n) is 2.50. The lowest BCUT2D eigenvalue weighted by Crippen LogP contribution is -2.40. The van der Waals surface area contributed by atoms with E-state index in [9.17, 15) is 9.59 Å². The molecule has 0 saturated heterocycles. The Hall–Kier alpha value is -1.69. The molecule has 0 saturated carbocycles. The molecular weight excluding hydrogens is 298 g/mol. The molecule has 1 aromatic heterocycles. The first kappa shape index (κ1) is 14.4. The molecule has 0 atom stereocenters. The molecule has 0 radical (unpaired) electrons. The zero-order chi connectivity index (χ0) is 13.7. The predicted molar refractivity (Wildman–Crippen MR) is 73.1 cm³/mol. The Morgan fingerprint density at radius 3 is 2.56 bits per heavy atom. The van der Waals surface area contributed by atoms with Crippen molar-refractivity contribution in [3.8, 4) is 0 Å². The van der Waals surface area contributed by atoms with Crippen LogP contribution in [0, 0.1) is 0 Å². The average molecular weight is 312 g/mol. The van der Waals surface area contributed by atoms with Gasteiger partial charge in [-0.2, -0.15) is 0 Å². The Morgan fingerprint density at radius 1 is 1.44 bits per heavy atom. The number of carbonyl (C=O) groups is 2. The van der Waals surface area contributed by atoms with E-state index in [-0.39, 0.29) is 5.82 Å². The summed E-state index contributed by atoms with van der Waals surface area (Å²) in [6, 6.07) is 2.86. The van der Waals surface area contributed by atoms with Crippen LogP contribution < -0.4 is 4.90 Å². The third kappa shape index (κ3) is 3.16. The molecule has 0 aliphatic rings. The van der Waals surface area contributed by atoms with Crippen LogP contribution in [-0.2, 0) is 4.79 Å². The molecule has 0 unspecified atom stereocenters. The van der Waals surface area contributed by atoms with Gasteiger partial charge in [0, 0.05) is 23.4 Å². The van der Waals surface area contributed by atoms with E-state index < -0.39 is 6.03 Å². The van der Waals surface area contributed by atoms with E-state index in [4.69, 9.17) is 0 Å². The maximum absolute atomic E-state index is 12.1. The average Bonchev–Trinajstić information content (AvgIpc) is 2.39. The number of hydrogen-bond donors (Lipinski definition) is 0. The molecule has 1 heterocycles. The van der Waals surface area contributed by atoms with Crippen molar-refractivity contribution in [2.24, 2.45) is 0 Å². The van der Waals surface area contributed by atoms with Gasteiger partial charge in [-0.3, -0.25) is 4.79 Å². The number of imide groups is 1. The highest BCUT2D eigenvalue weighted by Gasteiger charge is 2.20. The van der Waals surface area contributed by atoms with Crippen LogP contribution in [-0.4, -0.2) is 29.4 Å². The van der Waals surface area contributed by atoms with Crippen molar-refractivity contribution in [2.45, 2.75) is 13.8 Å². The Labute approximate surface area is 114 Å². The van der Waals surface area contributed by atoms with Crippen molar-refractivity contribution in [1.82, 2.24) is 9.88 Å². The van der Waals surface area contributed by atoms with E-state index in [0.717, 1.165) is 15.1 Å². The first-order valence-corrected chi connectivity index (χ1v) is 6.07. The van der Waals surface area contributed by atoms with Crippen molar-refractivity contribution in [3.05, 3.63) is 34.6 Å². The molecule has 5 nitrogen and oxygen atoms in total. The molecule has 0 bridgehead atoms. The lowest BCUT2D eigenvalue weighted by molar-refractivity contribution is -0.107. The highest BCUT2D eigenvalue weighted by molar-refractivity contribution is 9.10. The molecule has 0 aliphatic carbocycles. The number of nitrogens with zero attached hydrogens (tertiary/aromatic N) is 3. The SMILES string of the molecule is C/C=C(/C)N(C)C(=O)N(C=O)c1ccc(Br)cn1. The number of amides is 3. The Balaban J connectivity index is 3.00. The van der Waals surface area contributed by atoms with Crippen molar-refractivity contribution >= 4 is 34.2 Å². The summed E-state index contributed by atoms with van der Waals surface area (Å²) in [5, 5.41) is 0. The smallest absolute Gasteiger partial charge is 0.301 e. The van der Waals surface area contributed by atoms with Crippen molar-refractivity contribution in [1.29, 1.82) is 0 Å². The zero-order valence-electron chi connectivity index (χ0n) is 10.4. The minimum Gasteiger partial charge on any atom is -0.301 e. The van der Waals surface area contributed by atoms with E-state index >= 15 is 0 Å². The van der Waals surface area contributed by atoms with Gasteiger partial charge in [-0.15, -0.1) is 0 Å². The highest BCUT2D eigenvalue weighted by Crippen LogP contribution is 2.16. The summed E-state index contributed by atoms with van der Waals surface area (Å²) in [7, 11) is 1.60. The van der Waals surface area contributed by atoms with Crippen molar-refractivity contribution < 1.29 is 9.59 Å². The van der Waals surface area contributed by atoms with E-state index in [0.29, 0.717) is 6.41 Å². The summed E-state index contributed by atoms with van der Waals surface area (Å²) in [5.41, 5.74) is 0.754. The summed E-state index contributed by atoms with van der Waals surface area (Å²) in [5.74, 6) is 0.286. The monoisotopic (exact) mass is 311 g/mol. The number of aromatic nitrogens is 1. The predicted octanol–water partition coefficient (Wildman–Crippen LogP) is 2.78. The molecule has 18 heavy (non-hydrogen) atoms. The van der Waals surface area contributed by atoms with E-state index in [1.165, 1.54) is 11.1 Å². The molecule has 1 rings (SSSR count). The Morgan fingerprint density at radius 2 is 2.11 bits per heavy atom. The van der Waals surface area contributed by atoms with Crippen LogP contribution in [0.2, 0.25) is 0 Å². The van der Waals surface area contributed by atoms with Gasteiger partial charge in [0.1, 0.15) is 5.82 Å². The van der Waals surface area contributed by atoms with Gasteiger partial charge in [0.2, 0.25) is 6.41 Å². The molecule has 0 aliphatic heterocycles. The van der Waals surface area contributed by atoms with Gasteiger partial charge in [0.05, 0.1) is 0 Å². The Kier molecular flexibility index (Phi) is 5.03. The van der Waals surface area contributed by atoms with Crippen LogP contribution in [0.3, 0.4) is 0 Å². The van der Waals surface area contributed by atoms with Gasteiger partial charge in [0.15, 0.2) is 0 Å². The summed E-state index contributed by atoms with van der Waals surface area (Å²) >= 11 is 3.24. The number of allylic oxidation sites excluding steroid dienone is 2. The number of halogens is 1. The zero-order valence-corrected chi connectivity index (χ0v) is 12.0. The van der Waals surface area contributed by atoms with Crippen LogP contribution in [0.1, 0.15) is 13.8 Å². The molecule has 0 N–H and O–H groups in total. The van der Waals surface area contributed by atoms with Gasteiger partial charge in [-0.05, 0) is 41.9 Å². The van der Waals surface area contributed by atoms with Crippen molar-refractivity contribution in [3.63, 3.8) is 0 Å². The fraction of sp³-hybridized carbons (Fsp3) is 0.250. The first-order chi connectivity index (χ1) is 8.51. The fourth-order valence-corrected chi connectivity index (χ4v) is 1.45. The second kappa shape index (κ2) is 6.30. The number of rotatable bonds is 3. The summed E-state index contributed by atoms with van der Waals surface area (Å²) in [4.78, 5) is 29.5. The van der Waals surface area contributed by atoms with Gasteiger partial charge in [-0.1, -0.05) is 6.08 Å². The second-order valence-electron chi connectivity index (χ2n) is 3.58. The minimum atomic E-state index is -0.449. The van der Waals surface area contributed by atoms with E-state index in [2.05, 4.69) is 20.9 Å². The van der Waals surface area contributed by atoms with Crippen LogP contribution >= 0.6 is 15.9 Å². The summed E-state index contributed by atoms with van der Waals surface area (Å²) in [6.07, 6.45) is 3.77. The van der Waals surface area contributed by atoms with E-state index in [1.54, 1.807) is 32.2 Å². The second-order valence-corrected chi connectivity index (χ2v) is 4.50.